The molecule has 0 spiro atoms. The van der Waals surface area contributed by atoms with Gasteiger partial charge in [-0.2, -0.15) is 0 Å². The van der Waals surface area contributed by atoms with Gasteiger partial charge in [-0.1, -0.05) is 30.3 Å². The quantitative estimate of drug-likeness (QED) is 0.449. The van der Waals surface area contributed by atoms with Crippen molar-refractivity contribution in [2.75, 3.05) is 53.6 Å². The van der Waals surface area contributed by atoms with Crippen molar-refractivity contribution in [3.63, 3.8) is 0 Å². The number of rotatable bonds is 8. The van der Waals surface area contributed by atoms with Crippen LogP contribution in [0.4, 0.5) is 0 Å². The molecule has 1 saturated heterocycles. The van der Waals surface area contributed by atoms with Crippen molar-refractivity contribution in [2.24, 2.45) is 0 Å². The Hall–Kier alpha value is -3.42. The average Bonchev–Trinajstić information content (AvgIpc) is 2.97. The molecule has 3 aromatic rings. The van der Waals surface area contributed by atoms with Crippen LogP contribution >= 0.6 is 0 Å². The second-order valence-corrected chi connectivity index (χ2v) is 9.54. The first-order chi connectivity index (χ1) is 18.2. The Morgan fingerprint density at radius 2 is 1.84 bits per heavy atom. The zero-order valence-corrected chi connectivity index (χ0v) is 21.7. The number of fused-ring (bicyclic) bond motifs is 1. The molecule has 2 heterocycles. The van der Waals surface area contributed by atoms with Gasteiger partial charge in [-0.25, -0.2) is 4.98 Å². The zero-order chi connectivity index (χ0) is 25.6. The lowest BCUT2D eigenvalue weighted by molar-refractivity contribution is 0.0286. The summed E-state index contributed by atoms with van der Waals surface area (Å²) in [5, 5.41) is 0. The van der Waals surface area contributed by atoms with Gasteiger partial charge in [0.2, 0.25) is 0 Å². The van der Waals surface area contributed by atoms with Crippen molar-refractivity contribution in [3.05, 3.63) is 77.5 Å². The van der Waals surface area contributed by atoms with Crippen molar-refractivity contribution >= 4 is 5.91 Å². The minimum atomic E-state index is -0.0303. The molecule has 2 aliphatic rings. The number of amides is 1. The maximum absolute atomic E-state index is 14.1. The van der Waals surface area contributed by atoms with Crippen molar-refractivity contribution in [1.29, 1.82) is 0 Å². The number of pyridine rings is 1. The van der Waals surface area contributed by atoms with E-state index in [0.29, 0.717) is 23.7 Å². The fraction of sp³-hybridized carbons (Fsp3) is 0.400. The fourth-order valence-corrected chi connectivity index (χ4v) is 5.38. The smallest absolute Gasteiger partial charge is 0.273 e. The maximum Gasteiger partial charge on any atom is 0.273 e. The van der Waals surface area contributed by atoms with Gasteiger partial charge in [0.15, 0.2) is 11.5 Å². The summed E-state index contributed by atoms with van der Waals surface area (Å²) < 4.78 is 16.4. The minimum Gasteiger partial charge on any atom is -0.493 e. The number of methoxy groups -OCH3 is 2. The third kappa shape index (κ3) is 5.63. The molecule has 1 fully saturated rings. The third-order valence-corrected chi connectivity index (χ3v) is 7.38. The monoisotopic (exact) mass is 501 g/mol. The number of aromatic nitrogens is 1. The number of benzene rings is 2. The van der Waals surface area contributed by atoms with Crippen LogP contribution in [-0.4, -0.2) is 74.3 Å². The number of aryl methyl sites for hydroxylation is 1. The molecule has 1 amide bonds. The van der Waals surface area contributed by atoms with Crippen molar-refractivity contribution < 1.29 is 19.0 Å². The highest BCUT2D eigenvalue weighted by atomic mass is 16.5. The fourth-order valence-electron chi connectivity index (χ4n) is 5.38. The van der Waals surface area contributed by atoms with Gasteiger partial charge in [-0.3, -0.25) is 9.69 Å². The van der Waals surface area contributed by atoms with Crippen molar-refractivity contribution in [1.82, 2.24) is 14.8 Å². The van der Waals surface area contributed by atoms with Gasteiger partial charge < -0.3 is 19.1 Å². The van der Waals surface area contributed by atoms with Gasteiger partial charge in [-0.05, 0) is 60.7 Å². The molecule has 1 aliphatic heterocycles. The van der Waals surface area contributed by atoms with Crippen LogP contribution in [-0.2, 0) is 11.2 Å². The predicted octanol–water partition coefficient (Wildman–Crippen LogP) is 4.62. The van der Waals surface area contributed by atoms with E-state index in [9.17, 15) is 4.79 Å². The molecule has 1 unspecified atom stereocenters. The van der Waals surface area contributed by atoms with Gasteiger partial charge in [0, 0.05) is 31.7 Å². The molecule has 1 aliphatic carbocycles. The molecule has 0 bridgehead atoms. The van der Waals surface area contributed by atoms with Crippen LogP contribution in [0.2, 0.25) is 0 Å². The number of hydrogen-bond acceptors (Lipinski definition) is 6. The predicted molar refractivity (Wildman–Crippen MR) is 143 cm³/mol. The van der Waals surface area contributed by atoms with E-state index in [2.05, 4.69) is 29.2 Å². The number of ether oxygens (including phenoxy) is 3. The Morgan fingerprint density at radius 3 is 2.65 bits per heavy atom. The first-order valence-electron chi connectivity index (χ1n) is 13.1. The normalized spacial score (nSPS) is 17.6. The largest absolute Gasteiger partial charge is 0.493 e. The van der Waals surface area contributed by atoms with Crippen molar-refractivity contribution in [3.8, 4) is 22.8 Å². The van der Waals surface area contributed by atoms with E-state index < -0.39 is 0 Å². The Balaban J connectivity index is 1.45. The summed E-state index contributed by atoms with van der Waals surface area (Å²) >= 11 is 0. The Kier molecular flexibility index (Phi) is 8.02. The Morgan fingerprint density at radius 1 is 1.03 bits per heavy atom. The highest BCUT2D eigenvalue weighted by Crippen LogP contribution is 2.35. The second kappa shape index (κ2) is 11.8. The van der Waals surface area contributed by atoms with Crippen LogP contribution in [0.1, 0.15) is 40.5 Å². The average molecular weight is 502 g/mol. The number of carbonyl (C=O) groups is 1. The first-order valence-corrected chi connectivity index (χ1v) is 13.1. The molecule has 5 rings (SSSR count). The molecular formula is C30H35N3O4. The van der Waals surface area contributed by atoms with E-state index >= 15 is 0 Å². The third-order valence-electron chi connectivity index (χ3n) is 7.38. The Bertz CT molecular complexity index is 1220. The highest BCUT2D eigenvalue weighted by molar-refractivity contribution is 5.93. The first kappa shape index (κ1) is 25.2. The molecule has 0 saturated carbocycles. The van der Waals surface area contributed by atoms with E-state index in [1.807, 2.05) is 41.3 Å². The van der Waals surface area contributed by atoms with Gasteiger partial charge in [0.1, 0.15) is 5.69 Å². The van der Waals surface area contributed by atoms with Crippen LogP contribution in [0.3, 0.4) is 0 Å². The summed E-state index contributed by atoms with van der Waals surface area (Å²) in [5.41, 5.74) is 4.66. The van der Waals surface area contributed by atoms with Gasteiger partial charge in [-0.15, -0.1) is 0 Å². The molecule has 1 aromatic heterocycles. The summed E-state index contributed by atoms with van der Waals surface area (Å²) in [6.45, 7) is 4.76. The van der Waals surface area contributed by atoms with Crippen LogP contribution in [0.25, 0.3) is 11.3 Å². The lowest BCUT2D eigenvalue weighted by Crippen LogP contribution is -2.45. The molecule has 2 aromatic carbocycles. The molecule has 7 nitrogen and oxygen atoms in total. The minimum absolute atomic E-state index is 0.0303. The van der Waals surface area contributed by atoms with Crippen LogP contribution in [0.15, 0.2) is 60.7 Å². The number of carbonyl (C=O) groups excluding carboxylic acids is 1. The van der Waals surface area contributed by atoms with E-state index in [4.69, 9.17) is 19.2 Å². The summed E-state index contributed by atoms with van der Waals surface area (Å²) in [6, 6.07) is 19.9. The second-order valence-electron chi connectivity index (χ2n) is 9.54. The SMILES string of the molecule is COc1ccc(-c2cccc(C(=O)N(CCN3CCOCC3)C3CCCc4ccccc43)n2)cc1OC. The van der Waals surface area contributed by atoms with E-state index in [-0.39, 0.29) is 11.9 Å². The molecule has 1 atom stereocenters. The Labute approximate surface area is 219 Å². The maximum atomic E-state index is 14.1. The van der Waals surface area contributed by atoms with Crippen LogP contribution < -0.4 is 9.47 Å². The van der Waals surface area contributed by atoms with Crippen molar-refractivity contribution in [2.45, 2.75) is 25.3 Å². The summed E-state index contributed by atoms with van der Waals surface area (Å²) in [4.78, 5) is 23.4. The molecule has 7 heteroatoms. The summed E-state index contributed by atoms with van der Waals surface area (Å²) in [6.07, 6.45) is 3.09. The molecule has 0 radical (unpaired) electrons. The lowest BCUT2D eigenvalue weighted by Gasteiger charge is -2.37. The van der Waals surface area contributed by atoms with Crippen LogP contribution in [0, 0.1) is 0 Å². The molecule has 37 heavy (non-hydrogen) atoms. The van der Waals surface area contributed by atoms with E-state index in [1.165, 1.54) is 11.1 Å². The lowest BCUT2D eigenvalue weighted by atomic mass is 9.86. The number of nitrogens with zero attached hydrogens (tertiary/aromatic N) is 3. The van der Waals surface area contributed by atoms with Gasteiger partial charge >= 0.3 is 0 Å². The molecule has 194 valence electrons. The topological polar surface area (TPSA) is 64.1 Å². The van der Waals surface area contributed by atoms with E-state index in [0.717, 1.165) is 63.4 Å². The molecular weight excluding hydrogens is 466 g/mol. The molecule has 0 N–H and O–H groups in total. The zero-order valence-electron chi connectivity index (χ0n) is 21.7. The number of morpholine rings is 1. The summed E-state index contributed by atoms with van der Waals surface area (Å²) in [5.74, 6) is 1.26. The van der Waals surface area contributed by atoms with Gasteiger partial charge in [0.05, 0.1) is 39.2 Å². The van der Waals surface area contributed by atoms with E-state index in [1.54, 1.807) is 14.2 Å². The summed E-state index contributed by atoms with van der Waals surface area (Å²) in [7, 11) is 3.23. The standard InChI is InChI=1S/C30H35N3O4/c1-35-28-14-13-23(21-29(28)36-2)25-10-6-11-26(31-25)30(34)33(16-15-32-17-19-37-20-18-32)27-12-5-8-22-7-3-4-9-24(22)27/h3-4,6-7,9-11,13-14,21,27H,5,8,12,15-20H2,1-2H3. The highest BCUT2D eigenvalue weighted by Gasteiger charge is 2.31. The van der Waals surface area contributed by atoms with Crippen LogP contribution in [0.5, 0.6) is 11.5 Å². The number of hydrogen-bond donors (Lipinski definition) is 0. The van der Waals surface area contributed by atoms with Gasteiger partial charge in [0.25, 0.3) is 5.91 Å².